The van der Waals surface area contributed by atoms with Gasteiger partial charge in [0.25, 0.3) is 5.69 Å². The number of benzene rings is 2. The molecule has 112 valence electrons. The highest BCUT2D eigenvalue weighted by Gasteiger charge is 2.04. The fraction of sp³-hybridized carbons (Fsp3) is 0.0625. The van der Waals surface area contributed by atoms with Crippen molar-refractivity contribution in [2.24, 2.45) is 0 Å². The zero-order valence-corrected chi connectivity index (χ0v) is 12.2. The molecule has 0 unspecified atom stereocenters. The first-order valence-corrected chi connectivity index (χ1v) is 6.76. The van der Waals surface area contributed by atoms with Crippen LogP contribution in [-0.2, 0) is 11.4 Å². The molecule has 2 rings (SSSR count). The van der Waals surface area contributed by atoms with Crippen LogP contribution in [0.25, 0.3) is 6.08 Å². The molecule has 0 spiro atoms. The molecule has 0 heterocycles. The average molecular weight is 318 g/mol. The number of allylic oxidation sites excluding steroid dienone is 1. The third kappa shape index (κ3) is 4.71. The minimum atomic E-state index is -0.544. The van der Waals surface area contributed by atoms with Crippen LogP contribution in [0.15, 0.2) is 54.6 Å². The lowest BCUT2D eigenvalue weighted by Crippen LogP contribution is -1.96. The Morgan fingerprint density at radius 2 is 1.95 bits per heavy atom. The number of carbonyl (C=O) groups excluding carboxylic acids is 1. The number of halogens is 1. The monoisotopic (exact) mass is 317 g/mol. The summed E-state index contributed by atoms with van der Waals surface area (Å²) in [5.74, 6) is 0.627. The van der Waals surface area contributed by atoms with E-state index in [-0.39, 0.29) is 5.69 Å². The van der Waals surface area contributed by atoms with Gasteiger partial charge in [-0.3, -0.25) is 14.9 Å². The molecule has 2 aromatic rings. The number of nitrogens with zero attached hydrogens (tertiary/aromatic N) is 1. The van der Waals surface area contributed by atoms with Crippen LogP contribution in [0.1, 0.15) is 11.1 Å². The molecule has 0 aliphatic carbocycles. The largest absolute Gasteiger partial charge is 0.489 e. The van der Waals surface area contributed by atoms with E-state index in [4.69, 9.17) is 16.3 Å². The molecule has 0 aliphatic rings. The summed E-state index contributed by atoms with van der Waals surface area (Å²) >= 11 is 5.24. The van der Waals surface area contributed by atoms with Crippen LogP contribution in [0.2, 0.25) is 0 Å². The summed E-state index contributed by atoms with van der Waals surface area (Å²) in [7, 11) is 0. The van der Waals surface area contributed by atoms with Gasteiger partial charge in [-0.15, -0.1) is 0 Å². The van der Waals surface area contributed by atoms with E-state index in [1.165, 1.54) is 18.2 Å². The number of nitro groups is 1. The Hall–Kier alpha value is -2.66. The minimum Gasteiger partial charge on any atom is -0.489 e. The highest BCUT2D eigenvalue weighted by molar-refractivity contribution is 6.66. The van der Waals surface area contributed by atoms with Crippen LogP contribution in [0, 0.1) is 10.1 Å². The molecule has 0 aliphatic heterocycles. The van der Waals surface area contributed by atoms with Crippen LogP contribution < -0.4 is 4.74 Å². The molecule has 0 aromatic heterocycles. The molecule has 6 heteroatoms. The molecule has 5 nitrogen and oxygen atoms in total. The normalized spacial score (nSPS) is 10.6. The third-order valence-electron chi connectivity index (χ3n) is 2.82. The maximum atomic E-state index is 10.7. The van der Waals surface area contributed by atoms with Gasteiger partial charge in [0.05, 0.1) is 4.92 Å². The molecular weight excluding hydrogens is 306 g/mol. The molecule has 0 fully saturated rings. The number of nitro benzene ring substituents is 1. The standard InChI is InChI=1S/C16H12ClNO4/c17-16(19)9-6-12-2-1-3-15(10-12)22-11-13-4-7-14(8-5-13)18(20)21/h1-10H,11H2/b9-6+. The molecule has 0 radical (unpaired) electrons. The van der Waals surface area contributed by atoms with Gasteiger partial charge in [0.15, 0.2) is 0 Å². The van der Waals surface area contributed by atoms with Gasteiger partial charge in [-0.05, 0) is 53.1 Å². The second-order valence-electron chi connectivity index (χ2n) is 4.42. The van der Waals surface area contributed by atoms with Gasteiger partial charge in [-0.1, -0.05) is 18.2 Å². The van der Waals surface area contributed by atoms with Crippen molar-refractivity contribution in [3.05, 3.63) is 75.8 Å². The van der Waals surface area contributed by atoms with Crippen molar-refractivity contribution < 1.29 is 14.5 Å². The van der Waals surface area contributed by atoms with Gasteiger partial charge >= 0.3 is 0 Å². The molecular formula is C16H12ClNO4. The van der Waals surface area contributed by atoms with Crippen molar-refractivity contribution >= 4 is 28.6 Å². The lowest BCUT2D eigenvalue weighted by molar-refractivity contribution is -0.384. The topological polar surface area (TPSA) is 69.4 Å². The van der Waals surface area contributed by atoms with E-state index < -0.39 is 10.2 Å². The molecule has 0 N–H and O–H groups in total. The molecule has 0 amide bonds. The second kappa shape index (κ2) is 7.38. The minimum absolute atomic E-state index is 0.0432. The fourth-order valence-corrected chi connectivity index (χ4v) is 1.81. The number of rotatable bonds is 6. The van der Waals surface area contributed by atoms with Gasteiger partial charge < -0.3 is 4.74 Å². The number of carbonyl (C=O) groups is 1. The summed E-state index contributed by atoms with van der Waals surface area (Å²) in [5, 5.41) is 10.0. The van der Waals surface area contributed by atoms with Crippen LogP contribution in [0.5, 0.6) is 5.75 Å². The van der Waals surface area contributed by atoms with E-state index in [1.54, 1.807) is 36.4 Å². The number of non-ortho nitro benzene ring substituents is 1. The predicted molar refractivity (Wildman–Crippen MR) is 83.8 cm³/mol. The van der Waals surface area contributed by atoms with Crippen molar-refractivity contribution in [1.29, 1.82) is 0 Å². The summed E-state index contributed by atoms with van der Waals surface area (Å²) in [6.07, 6.45) is 2.85. The van der Waals surface area contributed by atoms with Crippen LogP contribution in [-0.4, -0.2) is 10.2 Å². The first-order chi connectivity index (χ1) is 10.5. The smallest absolute Gasteiger partial charge is 0.269 e. The predicted octanol–water partition coefficient (Wildman–Crippen LogP) is 3.95. The Labute approximate surface area is 131 Å². The molecule has 0 saturated carbocycles. The quantitative estimate of drug-likeness (QED) is 0.350. The maximum absolute atomic E-state index is 10.7. The molecule has 22 heavy (non-hydrogen) atoms. The van der Waals surface area contributed by atoms with Crippen molar-refractivity contribution in [3.8, 4) is 5.75 Å². The summed E-state index contributed by atoms with van der Waals surface area (Å²) < 4.78 is 5.62. The molecule has 2 aromatic carbocycles. The van der Waals surface area contributed by atoms with Gasteiger partial charge in [-0.2, -0.15) is 0 Å². The molecule has 0 saturated heterocycles. The Morgan fingerprint density at radius 3 is 2.59 bits per heavy atom. The lowest BCUT2D eigenvalue weighted by Gasteiger charge is -2.07. The first-order valence-electron chi connectivity index (χ1n) is 6.38. The van der Waals surface area contributed by atoms with Crippen LogP contribution in [0.4, 0.5) is 5.69 Å². The van der Waals surface area contributed by atoms with E-state index in [2.05, 4.69) is 0 Å². The number of hydrogen-bond donors (Lipinski definition) is 0. The van der Waals surface area contributed by atoms with E-state index in [0.29, 0.717) is 12.4 Å². The Morgan fingerprint density at radius 1 is 1.23 bits per heavy atom. The highest BCUT2D eigenvalue weighted by atomic mass is 35.5. The summed E-state index contributed by atoms with van der Waals surface area (Å²) in [6, 6.07) is 13.3. The number of hydrogen-bond acceptors (Lipinski definition) is 4. The average Bonchev–Trinajstić information content (AvgIpc) is 2.52. The van der Waals surface area contributed by atoms with Gasteiger partial charge in [0, 0.05) is 12.1 Å². The fourth-order valence-electron chi connectivity index (χ4n) is 1.75. The van der Waals surface area contributed by atoms with Crippen LogP contribution in [0.3, 0.4) is 0 Å². The Kier molecular flexibility index (Phi) is 5.27. The SMILES string of the molecule is O=C(Cl)/C=C/c1cccc(OCc2ccc([N+](=O)[O-])cc2)c1. The van der Waals surface area contributed by atoms with E-state index in [9.17, 15) is 14.9 Å². The van der Waals surface area contributed by atoms with Crippen molar-refractivity contribution in [1.82, 2.24) is 0 Å². The summed E-state index contributed by atoms with van der Waals surface area (Å²) in [4.78, 5) is 20.8. The van der Waals surface area contributed by atoms with Gasteiger partial charge in [0.2, 0.25) is 5.24 Å². The summed E-state index contributed by atoms with van der Waals surface area (Å²) in [6.45, 7) is 0.291. The van der Waals surface area contributed by atoms with Crippen molar-refractivity contribution in [2.75, 3.05) is 0 Å². The molecule has 0 bridgehead atoms. The lowest BCUT2D eigenvalue weighted by atomic mass is 10.2. The summed E-state index contributed by atoms with van der Waals surface area (Å²) in [5.41, 5.74) is 1.65. The van der Waals surface area contributed by atoms with Crippen molar-refractivity contribution in [2.45, 2.75) is 6.61 Å². The molecule has 0 atom stereocenters. The second-order valence-corrected chi connectivity index (χ2v) is 4.79. The Bertz CT molecular complexity index is 710. The Balaban J connectivity index is 2.00. The van der Waals surface area contributed by atoms with E-state index in [0.717, 1.165) is 11.1 Å². The van der Waals surface area contributed by atoms with Gasteiger partial charge in [-0.25, -0.2) is 0 Å². The zero-order chi connectivity index (χ0) is 15.9. The van der Waals surface area contributed by atoms with E-state index in [1.807, 2.05) is 6.07 Å². The first kappa shape index (κ1) is 15.7. The van der Waals surface area contributed by atoms with E-state index >= 15 is 0 Å². The number of ether oxygens (including phenoxy) is 1. The van der Waals surface area contributed by atoms with Gasteiger partial charge in [0.1, 0.15) is 12.4 Å². The third-order valence-corrected chi connectivity index (χ3v) is 2.94. The zero-order valence-electron chi connectivity index (χ0n) is 11.4. The highest BCUT2D eigenvalue weighted by Crippen LogP contribution is 2.17. The maximum Gasteiger partial charge on any atom is 0.269 e. The van der Waals surface area contributed by atoms with Crippen LogP contribution >= 0.6 is 11.6 Å². The van der Waals surface area contributed by atoms with Crippen molar-refractivity contribution in [3.63, 3.8) is 0 Å².